The molecule has 3 N–H and O–H groups in total. The van der Waals surface area contributed by atoms with Gasteiger partial charge in [-0.05, 0) is 18.6 Å². The molecule has 0 bridgehead atoms. The van der Waals surface area contributed by atoms with Crippen LogP contribution in [0.25, 0.3) is 5.65 Å². The second-order valence-corrected chi connectivity index (χ2v) is 7.05. The molecule has 2 rings (SSSR count). The minimum atomic E-state index is -3.13. The summed E-state index contributed by atoms with van der Waals surface area (Å²) in [5.74, 6) is 0.0516. The normalized spacial score (nSPS) is 13.2. The number of hydrogen-bond donors (Lipinski definition) is 2. The molecule has 0 aromatic carbocycles. The van der Waals surface area contributed by atoms with Crippen molar-refractivity contribution in [2.45, 2.75) is 19.0 Å². The summed E-state index contributed by atoms with van der Waals surface area (Å²) in [6, 6.07) is 4.61. The van der Waals surface area contributed by atoms with Crippen LogP contribution >= 0.6 is 0 Å². The number of hydrogen-bond acceptors (Lipinski definition) is 6. The molecule has 0 fully saturated rings. The van der Waals surface area contributed by atoms with E-state index in [-0.39, 0.29) is 18.7 Å². The third kappa shape index (κ3) is 4.23. The van der Waals surface area contributed by atoms with Crippen molar-refractivity contribution >= 4 is 21.4 Å². The maximum absolute atomic E-state index is 11.8. The summed E-state index contributed by atoms with van der Waals surface area (Å²) < 4.78 is 23.8. The van der Waals surface area contributed by atoms with Crippen molar-refractivity contribution in [2.24, 2.45) is 5.73 Å². The highest BCUT2D eigenvalue weighted by molar-refractivity contribution is 7.90. The molecule has 0 aliphatic carbocycles. The van der Waals surface area contributed by atoms with Crippen molar-refractivity contribution in [2.75, 3.05) is 12.0 Å². The molecule has 1 atom stereocenters. The highest BCUT2D eigenvalue weighted by atomic mass is 32.2. The SMILES string of the molecule is CS(=O)(=O)CCC(N)C(=O)NCc1nnc2ccccn12. The van der Waals surface area contributed by atoms with Gasteiger partial charge in [-0.2, -0.15) is 0 Å². The molecule has 0 radical (unpaired) electrons. The van der Waals surface area contributed by atoms with Crippen molar-refractivity contribution < 1.29 is 13.2 Å². The first kappa shape index (κ1) is 15.4. The summed E-state index contributed by atoms with van der Waals surface area (Å²) in [5.41, 5.74) is 6.34. The molecular formula is C12H17N5O3S. The number of nitrogens with two attached hydrogens (primary N) is 1. The van der Waals surface area contributed by atoms with Gasteiger partial charge in [0.1, 0.15) is 9.84 Å². The zero-order valence-corrected chi connectivity index (χ0v) is 12.4. The van der Waals surface area contributed by atoms with E-state index in [1.807, 2.05) is 12.1 Å². The van der Waals surface area contributed by atoms with Gasteiger partial charge in [-0.15, -0.1) is 10.2 Å². The van der Waals surface area contributed by atoms with E-state index in [0.717, 1.165) is 6.26 Å². The number of carbonyl (C=O) groups excluding carboxylic acids is 1. The molecule has 0 saturated heterocycles. The first-order valence-corrected chi connectivity index (χ1v) is 8.42. The predicted octanol–water partition coefficient (Wildman–Crippen LogP) is -0.892. The highest BCUT2D eigenvalue weighted by Gasteiger charge is 2.16. The van der Waals surface area contributed by atoms with Gasteiger partial charge in [0.15, 0.2) is 11.5 Å². The number of aromatic nitrogens is 3. The molecular weight excluding hydrogens is 294 g/mol. The number of amides is 1. The Labute approximate surface area is 122 Å². The van der Waals surface area contributed by atoms with E-state index in [2.05, 4.69) is 15.5 Å². The lowest BCUT2D eigenvalue weighted by Crippen LogP contribution is -2.41. The molecule has 8 nitrogen and oxygen atoms in total. The molecule has 0 aliphatic rings. The molecule has 9 heteroatoms. The molecule has 0 aliphatic heterocycles. The second-order valence-electron chi connectivity index (χ2n) is 4.79. The Morgan fingerprint density at radius 3 is 2.90 bits per heavy atom. The van der Waals surface area contributed by atoms with E-state index in [4.69, 9.17) is 5.73 Å². The van der Waals surface area contributed by atoms with Crippen LogP contribution in [0.1, 0.15) is 12.2 Å². The highest BCUT2D eigenvalue weighted by Crippen LogP contribution is 2.02. The van der Waals surface area contributed by atoms with Gasteiger partial charge in [-0.25, -0.2) is 8.42 Å². The molecule has 1 unspecified atom stereocenters. The third-order valence-electron chi connectivity index (χ3n) is 2.94. The fourth-order valence-corrected chi connectivity index (χ4v) is 2.46. The zero-order chi connectivity index (χ0) is 15.5. The van der Waals surface area contributed by atoms with Gasteiger partial charge in [0, 0.05) is 12.5 Å². The van der Waals surface area contributed by atoms with Gasteiger partial charge in [0.05, 0.1) is 18.3 Å². The van der Waals surface area contributed by atoms with E-state index < -0.39 is 21.8 Å². The summed E-state index contributed by atoms with van der Waals surface area (Å²) in [4.78, 5) is 11.8. The van der Waals surface area contributed by atoms with Gasteiger partial charge in [-0.1, -0.05) is 6.07 Å². The Hall–Kier alpha value is -2.00. The van der Waals surface area contributed by atoms with Gasteiger partial charge < -0.3 is 11.1 Å². The first-order valence-electron chi connectivity index (χ1n) is 6.36. The summed E-state index contributed by atoms with van der Waals surface area (Å²) in [6.45, 7) is 0.177. The maximum atomic E-state index is 11.8. The van der Waals surface area contributed by atoms with Crippen LogP contribution in [-0.4, -0.2) is 47.0 Å². The number of nitrogens with one attached hydrogen (secondary N) is 1. The monoisotopic (exact) mass is 311 g/mol. The Kier molecular flexibility index (Phi) is 4.53. The topological polar surface area (TPSA) is 119 Å². The number of fused-ring (bicyclic) bond motifs is 1. The number of pyridine rings is 1. The van der Waals surface area contributed by atoms with Crippen LogP contribution in [0, 0.1) is 0 Å². The molecule has 2 heterocycles. The minimum absolute atomic E-state index is 0.0885. The quantitative estimate of drug-likeness (QED) is 0.714. The van der Waals surface area contributed by atoms with Crippen molar-refractivity contribution in [1.82, 2.24) is 19.9 Å². The van der Waals surface area contributed by atoms with Crippen LogP contribution in [0.3, 0.4) is 0 Å². The molecule has 1 amide bonds. The Bertz CT molecular complexity index is 740. The van der Waals surface area contributed by atoms with E-state index in [0.29, 0.717) is 11.5 Å². The van der Waals surface area contributed by atoms with Crippen LogP contribution in [0.4, 0.5) is 0 Å². The zero-order valence-electron chi connectivity index (χ0n) is 11.6. The fourth-order valence-electron chi connectivity index (χ4n) is 1.78. The lowest BCUT2D eigenvalue weighted by Gasteiger charge is -2.11. The van der Waals surface area contributed by atoms with E-state index in [1.54, 1.807) is 16.7 Å². The van der Waals surface area contributed by atoms with Crippen LogP contribution in [0.2, 0.25) is 0 Å². The largest absolute Gasteiger partial charge is 0.347 e. The molecule has 114 valence electrons. The summed E-state index contributed by atoms with van der Waals surface area (Å²) in [7, 11) is -3.13. The molecule has 2 aromatic heterocycles. The van der Waals surface area contributed by atoms with Gasteiger partial charge in [-0.3, -0.25) is 9.20 Å². The van der Waals surface area contributed by atoms with E-state index in [9.17, 15) is 13.2 Å². The van der Waals surface area contributed by atoms with Crippen LogP contribution < -0.4 is 11.1 Å². The molecule has 21 heavy (non-hydrogen) atoms. The number of nitrogens with zero attached hydrogens (tertiary/aromatic N) is 3. The van der Waals surface area contributed by atoms with Crippen LogP contribution in [-0.2, 0) is 21.2 Å². The number of sulfone groups is 1. The van der Waals surface area contributed by atoms with Gasteiger partial charge in [0.25, 0.3) is 0 Å². The standard InChI is InChI=1S/C12H17N5O3S/c1-21(19,20)7-5-9(13)12(18)14-8-11-16-15-10-4-2-3-6-17(10)11/h2-4,6,9H,5,7-8,13H2,1H3,(H,14,18). The molecule has 2 aromatic rings. The Balaban J connectivity index is 1.92. The van der Waals surface area contributed by atoms with Gasteiger partial charge in [0.2, 0.25) is 5.91 Å². The average Bonchev–Trinajstić information content (AvgIpc) is 2.84. The average molecular weight is 311 g/mol. The number of carbonyl (C=O) groups is 1. The smallest absolute Gasteiger partial charge is 0.237 e. The van der Waals surface area contributed by atoms with E-state index >= 15 is 0 Å². The Morgan fingerprint density at radius 1 is 1.43 bits per heavy atom. The minimum Gasteiger partial charge on any atom is -0.347 e. The summed E-state index contributed by atoms with van der Waals surface area (Å²) >= 11 is 0. The Morgan fingerprint density at radius 2 is 2.19 bits per heavy atom. The molecule has 0 saturated carbocycles. The van der Waals surface area contributed by atoms with Crippen LogP contribution in [0.15, 0.2) is 24.4 Å². The summed E-state index contributed by atoms with van der Waals surface area (Å²) in [6.07, 6.45) is 2.99. The van der Waals surface area contributed by atoms with Crippen molar-refractivity contribution in [3.63, 3.8) is 0 Å². The van der Waals surface area contributed by atoms with Crippen molar-refractivity contribution in [3.8, 4) is 0 Å². The van der Waals surface area contributed by atoms with Crippen molar-refractivity contribution in [1.29, 1.82) is 0 Å². The molecule has 0 spiro atoms. The van der Waals surface area contributed by atoms with Crippen molar-refractivity contribution in [3.05, 3.63) is 30.2 Å². The maximum Gasteiger partial charge on any atom is 0.237 e. The predicted molar refractivity (Wildman–Crippen MR) is 77.1 cm³/mol. The van der Waals surface area contributed by atoms with E-state index in [1.165, 1.54) is 0 Å². The third-order valence-corrected chi connectivity index (χ3v) is 3.92. The first-order chi connectivity index (χ1) is 9.87. The fraction of sp³-hybridized carbons (Fsp3) is 0.417. The lowest BCUT2D eigenvalue weighted by atomic mass is 10.2. The van der Waals surface area contributed by atoms with Crippen LogP contribution in [0.5, 0.6) is 0 Å². The van der Waals surface area contributed by atoms with Gasteiger partial charge >= 0.3 is 0 Å². The summed E-state index contributed by atoms with van der Waals surface area (Å²) in [5, 5.41) is 10.6. The second kappa shape index (κ2) is 6.19. The lowest BCUT2D eigenvalue weighted by molar-refractivity contribution is -0.122. The number of rotatable bonds is 6.